The minimum atomic E-state index is -0.0590. The molecule has 5 nitrogen and oxygen atoms in total. The number of amides is 2. The highest BCUT2D eigenvalue weighted by molar-refractivity contribution is 6.30. The van der Waals surface area contributed by atoms with E-state index < -0.39 is 0 Å². The van der Waals surface area contributed by atoms with Crippen LogP contribution in [0.5, 0.6) is 0 Å². The molecule has 0 saturated heterocycles. The molecule has 1 aliphatic rings. The second kappa shape index (κ2) is 9.42. The van der Waals surface area contributed by atoms with Gasteiger partial charge in [0.25, 0.3) is 0 Å². The highest BCUT2D eigenvalue weighted by atomic mass is 35.5. The van der Waals surface area contributed by atoms with Gasteiger partial charge in [-0.15, -0.1) is 0 Å². The normalized spacial score (nSPS) is 13.4. The molecule has 0 bridgehead atoms. The molecule has 154 valence electrons. The maximum atomic E-state index is 12.6. The summed E-state index contributed by atoms with van der Waals surface area (Å²) in [6.45, 7) is 6.75. The van der Waals surface area contributed by atoms with Crippen molar-refractivity contribution in [1.82, 2.24) is 4.90 Å². The molecule has 0 aromatic heterocycles. The van der Waals surface area contributed by atoms with Crippen molar-refractivity contribution in [3.05, 3.63) is 58.1 Å². The van der Waals surface area contributed by atoms with E-state index in [-0.39, 0.29) is 11.8 Å². The Kier molecular flexibility index (Phi) is 6.93. The summed E-state index contributed by atoms with van der Waals surface area (Å²) in [7, 11) is 0. The number of carbonyl (C=O) groups is 2. The summed E-state index contributed by atoms with van der Waals surface area (Å²) in [5.41, 5.74) is 4.68. The monoisotopic (exact) mass is 413 g/mol. The first-order valence-electron chi connectivity index (χ1n) is 9.99. The summed E-state index contributed by atoms with van der Waals surface area (Å²) in [4.78, 5) is 27.1. The largest absolute Gasteiger partial charge is 0.326 e. The number of nitrogens with one attached hydrogen (secondary N) is 2. The maximum absolute atomic E-state index is 12.6. The van der Waals surface area contributed by atoms with E-state index in [1.807, 2.05) is 51.1 Å². The first-order chi connectivity index (χ1) is 13.8. The average molecular weight is 414 g/mol. The highest BCUT2D eigenvalue weighted by Crippen LogP contribution is 2.27. The number of aryl methyl sites for hydroxylation is 3. The van der Waals surface area contributed by atoms with Crippen LogP contribution in [0.25, 0.3) is 0 Å². The van der Waals surface area contributed by atoms with E-state index in [0.29, 0.717) is 30.6 Å². The van der Waals surface area contributed by atoms with Crippen LogP contribution in [-0.2, 0) is 9.59 Å². The van der Waals surface area contributed by atoms with Crippen LogP contribution < -0.4 is 10.6 Å². The number of nitrogens with zero attached hydrogens (tertiary/aromatic N) is 1. The molecule has 1 fully saturated rings. The third-order valence-electron chi connectivity index (χ3n) is 5.24. The van der Waals surface area contributed by atoms with Crippen molar-refractivity contribution in [2.75, 3.05) is 23.7 Å². The lowest BCUT2D eigenvalue weighted by Crippen LogP contribution is -2.37. The van der Waals surface area contributed by atoms with Gasteiger partial charge in [-0.2, -0.15) is 0 Å². The maximum Gasteiger partial charge on any atom is 0.238 e. The van der Waals surface area contributed by atoms with Gasteiger partial charge in [0.15, 0.2) is 0 Å². The molecule has 3 rings (SSSR count). The van der Waals surface area contributed by atoms with E-state index in [4.69, 9.17) is 11.6 Å². The van der Waals surface area contributed by atoms with Crippen LogP contribution in [0.3, 0.4) is 0 Å². The minimum Gasteiger partial charge on any atom is -0.326 e. The number of rotatable bonds is 8. The summed E-state index contributed by atoms with van der Waals surface area (Å²) in [5, 5.41) is 6.62. The molecule has 29 heavy (non-hydrogen) atoms. The van der Waals surface area contributed by atoms with Crippen LogP contribution in [-0.4, -0.2) is 35.8 Å². The first-order valence-corrected chi connectivity index (χ1v) is 10.4. The number of para-hydroxylation sites is 1. The molecule has 0 aliphatic heterocycles. The van der Waals surface area contributed by atoms with Gasteiger partial charge in [0.2, 0.25) is 11.8 Å². The van der Waals surface area contributed by atoms with Crippen molar-refractivity contribution in [3.8, 4) is 0 Å². The van der Waals surface area contributed by atoms with Crippen molar-refractivity contribution in [3.63, 3.8) is 0 Å². The number of carbonyl (C=O) groups excluding carboxylic acids is 2. The van der Waals surface area contributed by atoms with E-state index in [2.05, 4.69) is 15.5 Å². The fourth-order valence-corrected chi connectivity index (χ4v) is 3.66. The standard InChI is InChI=1S/C23H28ClN3O2/c1-15-5-4-6-16(2)23(15)26-22(29)14-27(19-8-9-19)12-11-21(28)25-20-10-7-18(24)13-17(20)3/h4-7,10,13,19H,8-9,11-12,14H2,1-3H3,(H,25,28)(H,26,29). The van der Waals surface area contributed by atoms with Gasteiger partial charge < -0.3 is 10.6 Å². The van der Waals surface area contributed by atoms with Crippen LogP contribution in [0.1, 0.15) is 36.0 Å². The number of benzene rings is 2. The molecule has 1 aliphatic carbocycles. The fraction of sp³-hybridized carbons (Fsp3) is 0.391. The molecule has 1 saturated carbocycles. The van der Waals surface area contributed by atoms with E-state index in [1.54, 1.807) is 6.07 Å². The lowest BCUT2D eigenvalue weighted by atomic mass is 10.1. The molecular weight excluding hydrogens is 386 g/mol. The quantitative estimate of drug-likeness (QED) is 0.659. The summed E-state index contributed by atoms with van der Waals surface area (Å²) in [6, 6.07) is 11.8. The van der Waals surface area contributed by atoms with Crippen LogP contribution >= 0.6 is 11.6 Å². The molecule has 6 heteroatoms. The van der Waals surface area contributed by atoms with Crippen LogP contribution in [0, 0.1) is 20.8 Å². The van der Waals surface area contributed by atoms with Crippen molar-refractivity contribution in [2.45, 2.75) is 46.1 Å². The average Bonchev–Trinajstić information content (AvgIpc) is 3.49. The minimum absolute atomic E-state index is 0.0387. The topological polar surface area (TPSA) is 61.4 Å². The molecule has 0 heterocycles. The smallest absolute Gasteiger partial charge is 0.238 e. The number of hydrogen-bond acceptors (Lipinski definition) is 3. The summed E-state index contributed by atoms with van der Waals surface area (Å²) in [5.74, 6) is -0.0977. The van der Waals surface area contributed by atoms with Gasteiger partial charge in [-0.1, -0.05) is 29.8 Å². The van der Waals surface area contributed by atoms with Gasteiger partial charge in [-0.3, -0.25) is 14.5 Å². The molecule has 0 unspecified atom stereocenters. The van der Waals surface area contributed by atoms with E-state index in [9.17, 15) is 9.59 Å². The third-order valence-corrected chi connectivity index (χ3v) is 5.48. The van der Waals surface area contributed by atoms with Crippen molar-refractivity contribution >= 4 is 34.8 Å². The van der Waals surface area contributed by atoms with E-state index >= 15 is 0 Å². The Morgan fingerprint density at radius 1 is 1.00 bits per heavy atom. The van der Waals surface area contributed by atoms with Crippen molar-refractivity contribution < 1.29 is 9.59 Å². The zero-order chi connectivity index (χ0) is 21.0. The third kappa shape index (κ3) is 6.05. The number of hydrogen-bond donors (Lipinski definition) is 2. The molecule has 2 amide bonds. The summed E-state index contributed by atoms with van der Waals surface area (Å²) in [6.07, 6.45) is 2.50. The van der Waals surface area contributed by atoms with Crippen LogP contribution in [0.15, 0.2) is 36.4 Å². The Morgan fingerprint density at radius 2 is 1.69 bits per heavy atom. The molecule has 2 aromatic rings. The predicted octanol–water partition coefficient (Wildman–Crippen LogP) is 4.70. The van der Waals surface area contributed by atoms with Crippen molar-refractivity contribution in [1.29, 1.82) is 0 Å². The van der Waals surface area contributed by atoms with Crippen LogP contribution in [0.2, 0.25) is 5.02 Å². The molecule has 2 N–H and O–H groups in total. The van der Waals surface area contributed by atoms with Gasteiger partial charge in [0.1, 0.15) is 0 Å². The number of anilines is 2. The second-order valence-electron chi connectivity index (χ2n) is 7.77. The summed E-state index contributed by atoms with van der Waals surface area (Å²) >= 11 is 5.97. The van der Waals surface area contributed by atoms with Gasteiger partial charge in [-0.05, 0) is 68.5 Å². The molecule has 2 aromatic carbocycles. The SMILES string of the molecule is Cc1cc(Cl)ccc1NC(=O)CCN(CC(=O)Nc1c(C)cccc1C)C1CC1. The van der Waals surface area contributed by atoms with Gasteiger partial charge >= 0.3 is 0 Å². The molecule has 0 atom stereocenters. The summed E-state index contributed by atoms with van der Waals surface area (Å²) < 4.78 is 0. The zero-order valence-corrected chi connectivity index (χ0v) is 18.0. The lowest BCUT2D eigenvalue weighted by molar-refractivity contribution is -0.119. The zero-order valence-electron chi connectivity index (χ0n) is 17.2. The Hall–Kier alpha value is -2.37. The fourth-order valence-electron chi connectivity index (χ4n) is 3.43. The Bertz CT molecular complexity index is 889. The van der Waals surface area contributed by atoms with Gasteiger partial charge in [0, 0.05) is 35.4 Å². The van der Waals surface area contributed by atoms with E-state index in [1.165, 1.54) is 0 Å². The first kappa shape index (κ1) is 21.3. The van der Waals surface area contributed by atoms with Gasteiger partial charge in [0.05, 0.1) is 6.54 Å². The highest BCUT2D eigenvalue weighted by Gasteiger charge is 2.30. The predicted molar refractivity (Wildman–Crippen MR) is 119 cm³/mol. The molecule has 0 spiro atoms. The Balaban J connectivity index is 1.53. The second-order valence-corrected chi connectivity index (χ2v) is 8.21. The molecular formula is C23H28ClN3O2. The van der Waals surface area contributed by atoms with Crippen LogP contribution in [0.4, 0.5) is 11.4 Å². The Labute approximate surface area is 177 Å². The van der Waals surface area contributed by atoms with Gasteiger partial charge in [-0.25, -0.2) is 0 Å². The lowest BCUT2D eigenvalue weighted by Gasteiger charge is -2.22. The Morgan fingerprint density at radius 3 is 2.31 bits per heavy atom. The van der Waals surface area contributed by atoms with Crippen molar-refractivity contribution in [2.24, 2.45) is 0 Å². The number of halogens is 1. The molecule has 0 radical (unpaired) electrons. The van der Waals surface area contributed by atoms with E-state index in [0.717, 1.165) is 40.9 Å².